The fourth-order valence-corrected chi connectivity index (χ4v) is 2.77. The Labute approximate surface area is 121 Å². The second kappa shape index (κ2) is 6.51. The summed E-state index contributed by atoms with van der Waals surface area (Å²) < 4.78 is 41.1. The Bertz CT molecular complexity index is 618. The van der Waals surface area contributed by atoms with Crippen molar-refractivity contribution in [2.45, 2.75) is 24.8 Å². The molecule has 1 aromatic rings. The van der Waals surface area contributed by atoms with Gasteiger partial charge in [0.1, 0.15) is 5.82 Å². The summed E-state index contributed by atoms with van der Waals surface area (Å²) >= 11 is 0. The van der Waals surface area contributed by atoms with Crippen molar-refractivity contribution < 1.29 is 22.3 Å². The summed E-state index contributed by atoms with van der Waals surface area (Å²) in [6.07, 6.45) is -0.218. The van der Waals surface area contributed by atoms with Crippen LogP contribution in [-0.4, -0.2) is 34.1 Å². The molecular weight excluding hydrogens is 309 g/mol. The number of carbonyl (C=O) groups excluding carboxylic acids is 1. The van der Waals surface area contributed by atoms with E-state index in [0.29, 0.717) is 0 Å². The molecule has 0 bridgehead atoms. The minimum absolute atomic E-state index is 0.0764. The molecule has 1 N–H and O–H groups in total. The number of methoxy groups -OCH3 is 1. The molecule has 0 aromatic heterocycles. The lowest BCUT2D eigenvalue weighted by atomic mass is 10.1. The zero-order valence-corrected chi connectivity index (χ0v) is 12.8. The van der Waals surface area contributed by atoms with Gasteiger partial charge in [-0.05, 0) is 31.5 Å². The van der Waals surface area contributed by atoms with Crippen LogP contribution in [0.15, 0.2) is 17.0 Å². The molecule has 0 saturated heterocycles. The van der Waals surface area contributed by atoms with Gasteiger partial charge in [0, 0.05) is 29.9 Å². The molecule has 0 saturated carbocycles. The largest absolute Gasteiger partial charge is 0.380 e. The van der Waals surface area contributed by atoms with Crippen molar-refractivity contribution in [2.24, 2.45) is 0 Å². The molecule has 1 atom stereocenters. The number of hydrogen-bond donors (Lipinski definition) is 1. The van der Waals surface area contributed by atoms with Crippen LogP contribution >= 0.6 is 10.7 Å². The zero-order valence-electron chi connectivity index (χ0n) is 11.2. The molecule has 0 aliphatic rings. The zero-order chi connectivity index (χ0) is 15.5. The van der Waals surface area contributed by atoms with Gasteiger partial charge in [-0.25, -0.2) is 12.8 Å². The van der Waals surface area contributed by atoms with E-state index in [1.165, 1.54) is 14.0 Å². The Kier molecular flexibility index (Phi) is 5.50. The lowest BCUT2D eigenvalue weighted by molar-refractivity contribution is 0.0869. The lowest BCUT2D eigenvalue weighted by Crippen LogP contribution is -2.32. The maximum atomic E-state index is 13.4. The second-order valence-corrected chi connectivity index (χ2v) is 6.81. The van der Waals surface area contributed by atoms with E-state index in [1.807, 2.05) is 0 Å². The van der Waals surface area contributed by atoms with Crippen LogP contribution in [0.4, 0.5) is 4.39 Å². The number of halogens is 2. The van der Waals surface area contributed by atoms with E-state index in [2.05, 4.69) is 5.32 Å². The molecule has 0 heterocycles. The predicted molar refractivity (Wildman–Crippen MR) is 73.0 cm³/mol. The Morgan fingerprint density at radius 2 is 2.10 bits per heavy atom. The first-order valence-electron chi connectivity index (χ1n) is 5.72. The smallest absolute Gasteiger partial charge is 0.261 e. The quantitative estimate of drug-likeness (QED) is 0.839. The first kappa shape index (κ1) is 16.9. The molecule has 1 aromatic carbocycles. The van der Waals surface area contributed by atoms with E-state index < -0.39 is 25.7 Å². The Balaban J connectivity index is 3.13. The Morgan fingerprint density at radius 3 is 2.60 bits per heavy atom. The molecule has 1 amide bonds. The minimum atomic E-state index is -4.12. The second-order valence-electron chi connectivity index (χ2n) is 4.27. The molecule has 20 heavy (non-hydrogen) atoms. The van der Waals surface area contributed by atoms with Gasteiger partial charge < -0.3 is 10.1 Å². The fourth-order valence-electron chi connectivity index (χ4n) is 1.56. The molecule has 8 heteroatoms. The Morgan fingerprint density at radius 1 is 1.50 bits per heavy atom. The number of carbonyl (C=O) groups is 1. The highest BCUT2D eigenvalue weighted by atomic mass is 35.7. The third-order valence-corrected chi connectivity index (χ3v) is 4.23. The number of benzene rings is 1. The van der Waals surface area contributed by atoms with Crippen molar-refractivity contribution >= 4 is 25.6 Å². The molecule has 0 fully saturated rings. The average molecular weight is 324 g/mol. The number of hydrogen-bond acceptors (Lipinski definition) is 4. The standard InChI is InChI=1S/C12H15ClFNO4S/c1-7(19-3)6-15-12(16)10-4-9(14)5-11(8(10)2)20(13,17)18/h4-5,7H,6H2,1-3H3,(H,15,16). The number of rotatable bonds is 5. The normalized spacial score (nSPS) is 13.1. The third-order valence-electron chi connectivity index (χ3n) is 2.78. The van der Waals surface area contributed by atoms with Gasteiger partial charge in [0.15, 0.2) is 0 Å². The topological polar surface area (TPSA) is 72.5 Å². The first-order chi connectivity index (χ1) is 9.16. The number of ether oxygens (including phenoxy) is 1. The molecule has 0 aliphatic heterocycles. The average Bonchev–Trinajstić information content (AvgIpc) is 2.36. The molecule has 5 nitrogen and oxygen atoms in total. The number of amides is 1. The van der Waals surface area contributed by atoms with Crippen LogP contribution in [0.5, 0.6) is 0 Å². The van der Waals surface area contributed by atoms with Gasteiger partial charge in [0.2, 0.25) is 0 Å². The van der Waals surface area contributed by atoms with Crippen LogP contribution in [0.1, 0.15) is 22.8 Å². The summed E-state index contributed by atoms with van der Waals surface area (Å²) in [5, 5.41) is 2.53. The van der Waals surface area contributed by atoms with E-state index in [4.69, 9.17) is 15.4 Å². The van der Waals surface area contributed by atoms with Crippen LogP contribution in [0.3, 0.4) is 0 Å². The molecule has 1 unspecified atom stereocenters. The van der Waals surface area contributed by atoms with E-state index in [-0.39, 0.29) is 23.8 Å². The van der Waals surface area contributed by atoms with E-state index in [1.54, 1.807) is 6.92 Å². The van der Waals surface area contributed by atoms with Crippen LogP contribution in [0.2, 0.25) is 0 Å². The molecule has 0 radical (unpaired) electrons. The summed E-state index contributed by atoms with van der Waals surface area (Å²) in [6, 6.07) is 1.75. The highest BCUT2D eigenvalue weighted by molar-refractivity contribution is 8.13. The van der Waals surface area contributed by atoms with Crippen LogP contribution in [0.25, 0.3) is 0 Å². The maximum Gasteiger partial charge on any atom is 0.261 e. The van der Waals surface area contributed by atoms with Crippen molar-refractivity contribution in [1.82, 2.24) is 5.32 Å². The molecule has 0 spiro atoms. The van der Waals surface area contributed by atoms with Gasteiger partial charge >= 0.3 is 0 Å². The van der Waals surface area contributed by atoms with Crippen molar-refractivity contribution in [1.29, 1.82) is 0 Å². The summed E-state index contributed by atoms with van der Waals surface area (Å²) in [6.45, 7) is 3.35. The van der Waals surface area contributed by atoms with Gasteiger partial charge in [-0.2, -0.15) is 0 Å². The van der Waals surface area contributed by atoms with Gasteiger partial charge in [-0.15, -0.1) is 0 Å². The summed E-state index contributed by atoms with van der Waals surface area (Å²) in [7, 11) is 2.58. The highest BCUT2D eigenvalue weighted by Crippen LogP contribution is 2.24. The van der Waals surface area contributed by atoms with Crippen molar-refractivity contribution in [3.63, 3.8) is 0 Å². The van der Waals surface area contributed by atoms with E-state index in [9.17, 15) is 17.6 Å². The molecule has 112 valence electrons. The summed E-state index contributed by atoms with van der Waals surface area (Å²) in [5.41, 5.74) is 0.0245. The minimum Gasteiger partial charge on any atom is -0.380 e. The van der Waals surface area contributed by atoms with Crippen molar-refractivity contribution in [2.75, 3.05) is 13.7 Å². The van der Waals surface area contributed by atoms with E-state index in [0.717, 1.165) is 12.1 Å². The monoisotopic (exact) mass is 323 g/mol. The first-order valence-corrected chi connectivity index (χ1v) is 8.03. The maximum absolute atomic E-state index is 13.4. The SMILES string of the molecule is COC(C)CNC(=O)c1cc(F)cc(S(=O)(=O)Cl)c1C. The molecule has 1 rings (SSSR count). The van der Waals surface area contributed by atoms with Gasteiger partial charge in [-0.1, -0.05) is 0 Å². The number of nitrogens with one attached hydrogen (secondary N) is 1. The van der Waals surface area contributed by atoms with Crippen LogP contribution in [-0.2, 0) is 13.8 Å². The summed E-state index contributed by atoms with van der Waals surface area (Å²) in [5.74, 6) is -1.44. The van der Waals surface area contributed by atoms with Crippen LogP contribution in [0, 0.1) is 12.7 Å². The van der Waals surface area contributed by atoms with Crippen molar-refractivity contribution in [3.05, 3.63) is 29.1 Å². The fraction of sp³-hybridized carbons (Fsp3) is 0.417. The lowest BCUT2D eigenvalue weighted by Gasteiger charge is -2.13. The van der Waals surface area contributed by atoms with E-state index >= 15 is 0 Å². The van der Waals surface area contributed by atoms with Gasteiger partial charge in [0.25, 0.3) is 15.0 Å². The Hall–Kier alpha value is -1.18. The van der Waals surface area contributed by atoms with Crippen LogP contribution < -0.4 is 5.32 Å². The summed E-state index contributed by atoms with van der Waals surface area (Å²) in [4.78, 5) is 11.5. The molecular formula is C12H15ClFNO4S. The van der Waals surface area contributed by atoms with Crippen molar-refractivity contribution in [3.8, 4) is 0 Å². The van der Waals surface area contributed by atoms with Gasteiger partial charge in [0.05, 0.1) is 11.0 Å². The highest BCUT2D eigenvalue weighted by Gasteiger charge is 2.21. The van der Waals surface area contributed by atoms with Gasteiger partial charge in [-0.3, -0.25) is 4.79 Å². The molecule has 0 aliphatic carbocycles. The predicted octanol–water partition coefficient (Wildman–Crippen LogP) is 1.83. The third kappa shape index (κ3) is 4.16.